The molecular formula is C20H23ClFN5O3S2. The Morgan fingerprint density at radius 3 is 2.69 bits per heavy atom. The lowest BCUT2D eigenvalue weighted by Gasteiger charge is -2.24. The molecule has 0 fully saturated rings. The molecule has 0 spiro atoms. The number of anilines is 4. The molecule has 3 aromatic rings. The normalized spacial score (nSPS) is 11.3. The maximum Gasteiger partial charge on any atom is 0.266 e. The second-order valence-electron chi connectivity index (χ2n) is 6.77. The van der Waals surface area contributed by atoms with Gasteiger partial charge >= 0.3 is 0 Å². The van der Waals surface area contributed by atoms with E-state index in [1.807, 2.05) is 25.1 Å². The van der Waals surface area contributed by atoms with Gasteiger partial charge in [-0.3, -0.25) is 4.72 Å². The summed E-state index contributed by atoms with van der Waals surface area (Å²) in [7, 11) is 1.16. The van der Waals surface area contributed by atoms with Crippen LogP contribution in [0.2, 0.25) is 5.02 Å². The van der Waals surface area contributed by atoms with Gasteiger partial charge in [-0.2, -0.15) is 0 Å². The van der Waals surface area contributed by atoms with Crippen LogP contribution in [0.15, 0.2) is 46.1 Å². The van der Waals surface area contributed by atoms with Crippen LogP contribution < -0.4 is 25.0 Å². The van der Waals surface area contributed by atoms with Crippen molar-refractivity contribution in [2.45, 2.75) is 4.90 Å². The van der Waals surface area contributed by atoms with E-state index in [4.69, 9.17) is 16.3 Å². The molecule has 172 valence electrons. The van der Waals surface area contributed by atoms with E-state index in [0.717, 1.165) is 24.4 Å². The number of nitrogens with zero attached hydrogens (tertiary/aromatic N) is 2. The van der Waals surface area contributed by atoms with Gasteiger partial charge in [-0.15, -0.1) is 11.3 Å². The number of nitrogens with one attached hydrogen (secondary N) is 3. The molecule has 0 atom stereocenters. The first-order valence-electron chi connectivity index (χ1n) is 9.46. The molecule has 8 nitrogen and oxygen atoms in total. The number of sulfonamides is 1. The molecule has 0 aliphatic carbocycles. The summed E-state index contributed by atoms with van der Waals surface area (Å²) in [5.74, 6) is -0.174. The average Bonchev–Trinajstić information content (AvgIpc) is 3.26. The third-order valence-corrected chi connectivity index (χ3v) is 6.83. The summed E-state index contributed by atoms with van der Waals surface area (Å²) in [4.78, 5) is 5.29. The molecule has 32 heavy (non-hydrogen) atoms. The van der Waals surface area contributed by atoms with Crippen molar-refractivity contribution in [1.82, 2.24) is 10.3 Å². The Morgan fingerprint density at radius 1 is 1.25 bits per heavy atom. The molecule has 3 rings (SSSR count). The molecule has 0 aliphatic rings. The van der Waals surface area contributed by atoms with Gasteiger partial charge in [0.25, 0.3) is 10.0 Å². The molecule has 0 unspecified atom stereocenters. The number of aromatic nitrogens is 1. The van der Waals surface area contributed by atoms with Crippen LogP contribution in [0, 0.1) is 5.82 Å². The summed E-state index contributed by atoms with van der Waals surface area (Å²) in [6.07, 6.45) is 0. The third kappa shape index (κ3) is 5.60. The second kappa shape index (κ2) is 10.3. The molecule has 1 aromatic heterocycles. The SMILES string of the molecule is CNCCN(C)c1cc(OC)ccc1Nc1cc(F)c(S(=O)(=O)Nc2cscn2)cc1Cl. The zero-order valence-corrected chi connectivity index (χ0v) is 20.0. The van der Waals surface area contributed by atoms with Crippen molar-refractivity contribution in [1.29, 1.82) is 0 Å². The van der Waals surface area contributed by atoms with Gasteiger partial charge in [0, 0.05) is 37.6 Å². The Balaban J connectivity index is 1.92. The van der Waals surface area contributed by atoms with Crippen molar-refractivity contribution in [2.75, 3.05) is 49.2 Å². The number of thiazole rings is 1. The zero-order chi connectivity index (χ0) is 23.3. The minimum absolute atomic E-state index is 0.0460. The van der Waals surface area contributed by atoms with Gasteiger partial charge in [0.05, 0.1) is 34.7 Å². The highest BCUT2D eigenvalue weighted by atomic mass is 35.5. The molecule has 0 radical (unpaired) electrons. The summed E-state index contributed by atoms with van der Waals surface area (Å²) in [5, 5.41) is 7.74. The van der Waals surface area contributed by atoms with Crippen molar-refractivity contribution in [2.24, 2.45) is 0 Å². The molecule has 1 heterocycles. The van der Waals surface area contributed by atoms with Gasteiger partial charge in [0.15, 0.2) is 5.82 Å². The van der Waals surface area contributed by atoms with Gasteiger partial charge in [0.1, 0.15) is 16.5 Å². The zero-order valence-electron chi connectivity index (χ0n) is 17.6. The molecule has 0 amide bonds. The van der Waals surface area contributed by atoms with Gasteiger partial charge in [-0.05, 0) is 25.2 Å². The van der Waals surface area contributed by atoms with Gasteiger partial charge in [-0.1, -0.05) is 11.6 Å². The topological polar surface area (TPSA) is 95.6 Å². The minimum Gasteiger partial charge on any atom is -0.497 e. The van der Waals surface area contributed by atoms with Gasteiger partial charge in [-0.25, -0.2) is 17.8 Å². The predicted molar refractivity (Wildman–Crippen MR) is 128 cm³/mol. The summed E-state index contributed by atoms with van der Waals surface area (Å²) in [5.41, 5.74) is 3.15. The van der Waals surface area contributed by atoms with Crippen molar-refractivity contribution in [3.8, 4) is 5.75 Å². The smallest absolute Gasteiger partial charge is 0.266 e. The van der Waals surface area contributed by atoms with Crippen LogP contribution in [-0.4, -0.2) is 47.7 Å². The first kappa shape index (κ1) is 24.1. The quantitative estimate of drug-likeness (QED) is 0.385. The summed E-state index contributed by atoms with van der Waals surface area (Å²) < 4.78 is 47.5. The maximum atomic E-state index is 14.8. The lowest BCUT2D eigenvalue weighted by Crippen LogP contribution is -2.27. The molecule has 2 aromatic carbocycles. The van der Waals surface area contributed by atoms with E-state index in [1.165, 1.54) is 22.2 Å². The van der Waals surface area contributed by atoms with Crippen LogP contribution >= 0.6 is 22.9 Å². The number of benzene rings is 2. The van der Waals surface area contributed by atoms with Crippen LogP contribution in [0.25, 0.3) is 0 Å². The maximum absolute atomic E-state index is 14.8. The van der Waals surface area contributed by atoms with E-state index >= 15 is 0 Å². The number of hydrogen-bond acceptors (Lipinski definition) is 8. The predicted octanol–water partition coefficient (Wildman–Crippen LogP) is 4.14. The minimum atomic E-state index is -4.19. The van der Waals surface area contributed by atoms with E-state index in [-0.39, 0.29) is 16.5 Å². The van der Waals surface area contributed by atoms with E-state index in [2.05, 4.69) is 20.3 Å². The molecule has 0 aliphatic heterocycles. The lowest BCUT2D eigenvalue weighted by atomic mass is 10.2. The molecule has 0 saturated carbocycles. The molecule has 0 saturated heterocycles. The van der Waals surface area contributed by atoms with E-state index in [9.17, 15) is 12.8 Å². The van der Waals surface area contributed by atoms with Crippen LogP contribution in [0.5, 0.6) is 5.75 Å². The molecule has 0 bridgehead atoms. The third-order valence-electron chi connectivity index (χ3n) is 4.57. The van der Waals surface area contributed by atoms with Crippen molar-refractivity contribution >= 4 is 55.8 Å². The number of hydrogen-bond donors (Lipinski definition) is 3. The summed E-state index contributed by atoms with van der Waals surface area (Å²) in [6, 6.07) is 7.52. The largest absolute Gasteiger partial charge is 0.497 e. The highest BCUT2D eigenvalue weighted by Crippen LogP contribution is 2.36. The van der Waals surface area contributed by atoms with Gasteiger partial charge < -0.3 is 20.3 Å². The van der Waals surface area contributed by atoms with Crippen LogP contribution in [-0.2, 0) is 10.0 Å². The number of ether oxygens (including phenoxy) is 1. The Morgan fingerprint density at radius 2 is 2.03 bits per heavy atom. The Hall–Kier alpha value is -2.60. The summed E-state index contributed by atoms with van der Waals surface area (Å²) >= 11 is 7.54. The highest BCUT2D eigenvalue weighted by Gasteiger charge is 2.23. The Bertz CT molecular complexity index is 1180. The van der Waals surface area contributed by atoms with Crippen molar-refractivity contribution < 1.29 is 17.5 Å². The molecule has 12 heteroatoms. The fraction of sp³-hybridized carbons (Fsp3) is 0.250. The molecular weight excluding hydrogens is 477 g/mol. The van der Waals surface area contributed by atoms with Crippen LogP contribution in [0.4, 0.5) is 27.3 Å². The summed E-state index contributed by atoms with van der Waals surface area (Å²) in [6.45, 7) is 1.46. The second-order valence-corrected chi connectivity index (χ2v) is 9.55. The van der Waals surface area contributed by atoms with E-state index in [1.54, 1.807) is 19.2 Å². The molecule has 3 N–H and O–H groups in total. The number of methoxy groups -OCH3 is 1. The standard InChI is InChI=1S/C20H23ClFN5O3S2/c1-23-6-7-27(2)18-8-13(30-3)4-5-16(18)25-17-10-15(22)19(9-14(17)21)32(28,29)26-20-11-31-12-24-20/h4-5,8-12,23,25-26H,6-7H2,1-3H3. The Labute approximate surface area is 195 Å². The van der Waals surface area contributed by atoms with Crippen molar-refractivity contribution in [3.05, 3.63) is 52.1 Å². The monoisotopic (exact) mass is 499 g/mol. The van der Waals surface area contributed by atoms with Gasteiger partial charge in [0.2, 0.25) is 0 Å². The van der Waals surface area contributed by atoms with E-state index < -0.39 is 20.7 Å². The Kier molecular flexibility index (Phi) is 7.77. The van der Waals surface area contributed by atoms with Crippen LogP contribution in [0.1, 0.15) is 0 Å². The first-order chi connectivity index (χ1) is 15.2. The average molecular weight is 500 g/mol. The first-order valence-corrected chi connectivity index (χ1v) is 12.3. The number of halogens is 2. The fourth-order valence-corrected chi connectivity index (χ4v) is 4.81. The highest BCUT2D eigenvalue weighted by molar-refractivity contribution is 7.92. The lowest BCUT2D eigenvalue weighted by molar-refractivity contribution is 0.415. The van der Waals surface area contributed by atoms with Crippen LogP contribution in [0.3, 0.4) is 0 Å². The van der Waals surface area contributed by atoms with E-state index in [0.29, 0.717) is 18.0 Å². The van der Waals surface area contributed by atoms with Crippen molar-refractivity contribution in [3.63, 3.8) is 0 Å². The number of rotatable bonds is 10. The fourth-order valence-electron chi connectivity index (χ4n) is 2.89. The number of likely N-dealkylation sites (N-methyl/N-ethyl adjacent to an activating group) is 2.